The Balaban J connectivity index is 2.05. The summed E-state index contributed by atoms with van der Waals surface area (Å²) < 4.78 is 16.1. The molecule has 1 fully saturated rings. The maximum absolute atomic E-state index is 12.9. The van der Waals surface area contributed by atoms with Gasteiger partial charge in [-0.2, -0.15) is 0 Å². The third-order valence-corrected chi connectivity index (χ3v) is 4.98. The average molecular weight is 389 g/mol. The molecule has 1 saturated heterocycles. The normalized spacial score (nSPS) is 20.8. The standard InChI is InChI=1S/C20H27N3O5/c1-4-28-19(24)17-16(13-23-8-10-27-11-9-23)22(2)20(25)21-18(17)14-6-5-7-15(12-14)26-3/h5-7,12,18H,4,8-11,13H2,1-3H3,(H,21,25)/t18-/m0/s1. The van der Waals surface area contributed by atoms with Crippen LogP contribution in [-0.4, -0.2) is 75.4 Å². The highest BCUT2D eigenvalue weighted by molar-refractivity contribution is 5.95. The molecule has 1 N–H and O–H groups in total. The molecule has 28 heavy (non-hydrogen) atoms. The van der Waals surface area contributed by atoms with Gasteiger partial charge in [0.2, 0.25) is 0 Å². The van der Waals surface area contributed by atoms with Crippen molar-refractivity contribution >= 4 is 12.0 Å². The van der Waals surface area contributed by atoms with Crippen molar-refractivity contribution in [3.63, 3.8) is 0 Å². The number of nitrogens with zero attached hydrogens (tertiary/aromatic N) is 2. The summed E-state index contributed by atoms with van der Waals surface area (Å²) in [5, 5.41) is 2.92. The molecule has 8 nitrogen and oxygen atoms in total. The fourth-order valence-electron chi connectivity index (χ4n) is 3.44. The molecule has 0 spiro atoms. The van der Waals surface area contributed by atoms with Crippen molar-refractivity contribution in [3.8, 4) is 5.75 Å². The molecule has 2 amide bonds. The Hall–Kier alpha value is -2.58. The Morgan fingerprint density at radius 2 is 2.07 bits per heavy atom. The first-order chi connectivity index (χ1) is 13.5. The summed E-state index contributed by atoms with van der Waals surface area (Å²) in [7, 11) is 3.25. The van der Waals surface area contributed by atoms with Gasteiger partial charge in [-0.05, 0) is 24.6 Å². The highest BCUT2D eigenvalue weighted by atomic mass is 16.5. The van der Waals surface area contributed by atoms with Gasteiger partial charge in [0, 0.05) is 32.4 Å². The molecule has 152 valence electrons. The summed E-state index contributed by atoms with van der Waals surface area (Å²) >= 11 is 0. The maximum atomic E-state index is 12.9. The topological polar surface area (TPSA) is 80.3 Å². The molecule has 0 radical (unpaired) electrons. The number of hydrogen-bond donors (Lipinski definition) is 1. The smallest absolute Gasteiger partial charge is 0.338 e. The van der Waals surface area contributed by atoms with Gasteiger partial charge in [-0.1, -0.05) is 12.1 Å². The third-order valence-electron chi connectivity index (χ3n) is 4.98. The van der Waals surface area contributed by atoms with Crippen LogP contribution in [0.2, 0.25) is 0 Å². The number of likely N-dealkylation sites (N-methyl/N-ethyl adjacent to an activating group) is 1. The van der Waals surface area contributed by atoms with Crippen LogP contribution in [-0.2, 0) is 14.3 Å². The monoisotopic (exact) mass is 389 g/mol. The Kier molecular flexibility index (Phi) is 6.53. The maximum Gasteiger partial charge on any atom is 0.338 e. The van der Waals surface area contributed by atoms with Crippen molar-refractivity contribution in [2.75, 3.05) is 53.6 Å². The number of amides is 2. The zero-order valence-corrected chi connectivity index (χ0v) is 16.6. The van der Waals surface area contributed by atoms with E-state index in [-0.39, 0.29) is 12.6 Å². The molecule has 0 aromatic heterocycles. The molecule has 1 aromatic rings. The first-order valence-corrected chi connectivity index (χ1v) is 9.43. The van der Waals surface area contributed by atoms with Crippen LogP contribution in [0.15, 0.2) is 35.5 Å². The number of ether oxygens (including phenoxy) is 3. The number of methoxy groups -OCH3 is 1. The van der Waals surface area contributed by atoms with Crippen molar-refractivity contribution < 1.29 is 23.8 Å². The molecule has 0 aliphatic carbocycles. The zero-order valence-electron chi connectivity index (χ0n) is 16.6. The molecule has 0 bridgehead atoms. The molecule has 1 atom stereocenters. The van der Waals surface area contributed by atoms with Crippen LogP contribution in [0.25, 0.3) is 0 Å². The van der Waals surface area contributed by atoms with Gasteiger partial charge in [-0.3, -0.25) is 9.80 Å². The summed E-state index contributed by atoms with van der Waals surface area (Å²) in [5.74, 6) is 0.231. The number of hydrogen-bond acceptors (Lipinski definition) is 6. The fourth-order valence-corrected chi connectivity index (χ4v) is 3.44. The molecule has 2 aliphatic heterocycles. The lowest BCUT2D eigenvalue weighted by molar-refractivity contribution is -0.139. The molecule has 2 aliphatic rings. The first-order valence-electron chi connectivity index (χ1n) is 9.43. The number of urea groups is 1. The van der Waals surface area contributed by atoms with Crippen molar-refractivity contribution in [1.82, 2.24) is 15.1 Å². The summed E-state index contributed by atoms with van der Waals surface area (Å²) in [4.78, 5) is 29.2. The molecule has 0 unspecified atom stereocenters. The molecular weight excluding hydrogens is 362 g/mol. The van der Waals surface area contributed by atoms with Gasteiger partial charge in [0.25, 0.3) is 0 Å². The molecule has 3 rings (SSSR count). The van der Waals surface area contributed by atoms with Gasteiger partial charge in [0.15, 0.2) is 0 Å². The highest BCUT2D eigenvalue weighted by Crippen LogP contribution is 2.32. The van der Waals surface area contributed by atoms with E-state index in [0.29, 0.717) is 36.8 Å². The third kappa shape index (κ3) is 4.28. The van der Waals surface area contributed by atoms with Crippen LogP contribution < -0.4 is 10.1 Å². The van der Waals surface area contributed by atoms with Gasteiger partial charge in [-0.25, -0.2) is 9.59 Å². The first kappa shape index (κ1) is 20.2. The number of esters is 1. The number of carbonyl (C=O) groups excluding carboxylic acids is 2. The Bertz CT molecular complexity index is 758. The second kappa shape index (κ2) is 9.07. The van der Waals surface area contributed by atoms with E-state index in [4.69, 9.17) is 14.2 Å². The van der Waals surface area contributed by atoms with Crippen LogP contribution >= 0.6 is 0 Å². The van der Waals surface area contributed by atoms with E-state index in [1.165, 1.54) is 4.90 Å². The van der Waals surface area contributed by atoms with Gasteiger partial charge in [0.05, 0.1) is 38.5 Å². The van der Waals surface area contributed by atoms with Crippen molar-refractivity contribution in [1.29, 1.82) is 0 Å². The molecule has 2 heterocycles. The van der Waals surface area contributed by atoms with E-state index >= 15 is 0 Å². The number of morpholine rings is 1. The number of rotatable bonds is 6. The summed E-state index contributed by atoms with van der Waals surface area (Å²) in [5.41, 5.74) is 1.86. The van der Waals surface area contributed by atoms with Gasteiger partial charge >= 0.3 is 12.0 Å². The van der Waals surface area contributed by atoms with Crippen molar-refractivity contribution in [2.45, 2.75) is 13.0 Å². The molecule has 0 saturated carbocycles. The predicted octanol–water partition coefficient (Wildman–Crippen LogP) is 1.54. The number of benzene rings is 1. The molecule has 1 aromatic carbocycles. The van der Waals surface area contributed by atoms with Gasteiger partial charge in [0.1, 0.15) is 5.75 Å². The minimum atomic E-state index is -0.603. The van der Waals surface area contributed by atoms with E-state index < -0.39 is 12.0 Å². The highest BCUT2D eigenvalue weighted by Gasteiger charge is 2.37. The van der Waals surface area contributed by atoms with Crippen molar-refractivity contribution in [3.05, 3.63) is 41.1 Å². The van der Waals surface area contributed by atoms with E-state index in [0.717, 1.165) is 18.7 Å². The van der Waals surface area contributed by atoms with Crippen LogP contribution in [0.1, 0.15) is 18.5 Å². The predicted molar refractivity (Wildman–Crippen MR) is 103 cm³/mol. The second-order valence-corrected chi connectivity index (χ2v) is 6.69. The largest absolute Gasteiger partial charge is 0.497 e. The summed E-state index contributed by atoms with van der Waals surface area (Å²) in [6.07, 6.45) is 0. The van der Waals surface area contributed by atoms with E-state index in [1.807, 2.05) is 24.3 Å². The minimum absolute atomic E-state index is 0.260. The molecular formula is C20H27N3O5. The Morgan fingerprint density at radius 1 is 1.32 bits per heavy atom. The van der Waals surface area contributed by atoms with Crippen molar-refractivity contribution in [2.24, 2.45) is 0 Å². The molecule has 8 heteroatoms. The Morgan fingerprint density at radius 3 is 2.75 bits per heavy atom. The second-order valence-electron chi connectivity index (χ2n) is 6.69. The van der Waals surface area contributed by atoms with E-state index in [9.17, 15) is 9.59 Å². The van der Waals surface area contributed by atoms with Crippen LogP contribution in [0.4, 0.5) is 4.79 Å². The Labute approximate surface area is 165 Å². The zero-order chi connectivity index (χ0) is 20.1. The lowest BCUT2D eigenvalue weighted by Crippen LogP contribution is -2.50. The number of nitrogens with one attached hydrogen (secondary N) is 1. The quantitative estimate of drug-likeness (QED) is 0.744. The average Bonchev–Trinajstić information content (AvgIpc) is 2.72. The van der Waals surface area contributed by atoms with Crippen LogP contribution in [0.3, 0.4) is 0 Å². The summed E-state index contributed by atoms with van der Waals surface area (Å²) in [6.45, 7) is 5.27. The minimum Gasteiger partial charge on any atom is -0.497 e. The van der Waals surface area contributed by atoms with E-state index in [2.05, 4.69) is 10.2 Å². The number of carbonyl (C=O) groups is 2. The van der Waals surface area contributed by atoms with E-state index in [1.54, 1.807) is 21.1 Å². The van der Waals surface area contributed by atoms with Gasteiger partial charge < -0.3 is 19.5 Å². The SMILES string of the molecule is CCOC(=O)C1=C(CN2CCOCC2)N(C)C(=O)N[C@H]1c1cccc(OC)c1. The fraction of sp³-hybridized carbons (Fsp3) is 0.500. The summed E-state index contributed by atoms with van der Waals surface area (Å²) in [6, 6.07) is 6.48. The van der Waals surface area contributed by atoms with Crippen LogP contribution in [0, 0.1) is 0 Å². The lowest BCUT2D eigenvalue weighted by atomic mass is 9.94. The van der Waals surface area contributed by atoms with Crippen LogP contribution in [0.5, 0.6) is 5.75 Å². The lowest BCUT2D eigenvalue weighted by Gasteiger charge is -2.37. The van der Waals surface area contributed by atoms with Gasteiger partial charge in [-0.15, -0.1) is 0 Å².